The molecule has 35 heavy (non-hydrogen) atoms. The van der Waals surface area contributed by atoms with Gasteiger partial charge in [-0.05, 0) is 61.4 Å². The van der Waals surface area contributed by atoms with E-state index < -0.39 is 0 Å². The first-order chi connectivity index (χ1) is 17.1. The third kappa shape index (κ3) is 5.16. The van der Waals surface area contributed by atoms with Crippen LogP contribution in [0.15, 0.2) is 60.9 Å². The summed E-state index contributed by atoms with van der Waals surface area (Å²) in [5.74, 6) is 2.33. The molecular weight excluding hydrogens is 442 g/mol. The van der Waals surface area contributed by atoms with Gasteiger partial charge in [-0.2, -0.15) is 0 Å². The van der Waals surface area contributed by atoms with Crippen LogP contribution in [0.25, 0.3) is 11.3 Å². The fraction of sp³-hybridized carbons (Fsp3) is 0.370. The van der Waals surface area contributed by atoms with Gasteiger partial charge in [0.05, 0.1) is 12.8 Å². The molecule has 0 bridgehead atoms. The minimum atomic E-state index is 0.0642. The van der Waals surface area contributed by atoms with Crippen LogP contribution in [0.1, 0.15) is 12.8 Å². The molecule has 0 spiro atoms. The standard InChI is InChI=1S/C27H31N5O3/c1-35-24-8-2-20(3-9-24)25-18-26(29-19-28-25)31-12-10-21(11-13-31)27(34)32-16-14-30(15-17-32)22-4-6-23(33)7-5-22/h2-9,18-19,21,33H,10-17H2,1H3. The maximum Gasteiger partial charge on any atom is 0.225 e. The van der Waals surface area contributed by atoms with E-state index in [4.69, 9.17) is 4.74 Å². The molecule has 3 heterocycles. The first-order valence-electron chi connectivity index (χ1n) is 12.1. The summed E-state index contributed by atoms with van der Waals surface area (Å²) in [4.78, 5) is 28.7. The van der Waals surface area contributed by atoms with Crippen LogP contribution in [0.5, 0.6) is 11.5 Å². The van der Waals surface area contributed by atoms with Crippen molar-refractivity contribution in [3.05, 3.63) is 60.9 Å². The van der Waals surface area contributed by atoms with Crippen LogP contribution in [0.2, 0.25) is 0 Å². The number of nitrogens with zero attached hydrogens (tertiary/aromatic N) is 5. The van der Waals surface area contributed by atoms with E-state index in [0.29, 0.717) is 0 Å². The molecule has 0 unspecified atom stereocenters. The van der Waals surface area contributed by atoms with Gasteiger partial charge in [0, 0.05) is 62.5 Å². The zero-order valence-corrected chi connectivity index (χ0v) is 20.0. The first-order valence-corrected chi connectivity index (χ1v) is 12.1. The van der Waals surface area contributed by atoms with Crippen molar-refractivity contribution in [3.63, 3.8) is 0 Å². The largest absolute Gasteiger partial charge is 0.508 e. The molecule has 0 saturated carbocycles. The number of methoxy groups -OCH3 is 1. The van der Waals surface area contributed by atoms with Crippen molar-refractivity contribution in [1.82, 2.24) is 14.9 Å². The monoisotopic (exact) mass is 473 g/mol. The number of rotatable bonds is 5. The Morgan fingerprint density at radius 1 is 0.886 bits per heavy atom. The second kappa shape index (κ2) is 10.2. The zero-order valence-electron chi connectivity index (χ0n) is 20.0. The molecule has 0 atom stereocenters. The highest BCUT2D eigenvalue weighted by molar-refractivity contribution is 5.79. The van der Waals surface area contributed by atoms with Gasteiger partial charge in [-0.1, -0.05) is 0 Å². The number of benzene rings is 2. The summed E-state index contributed by atoms with van der Waals surface area (Å²) in [6.45, 7) is 4.70. The Labute approximate surface area is 205 Å². The lowest BCUT2D eigenvalue weighted by molar-refractivity contribution is -0.136. The number of amides is 1. The lowest BCUT2D eigenvalue weighted by Gasteiger charge is -2.39. The SMILES string of the molecule is COc1ccc(-c2cc(N3CCC(C(=O)N4CCN(c5ccc(O)cc5)CC4)CC3)ncn2)cc1. The van der Waals surface area contributed by atoms with Crippen LogP contribution >= 0.6 is 0 Å². The smallest absolute Gasteiger partial charge is 0.225 e. The maximum absolute atomic E-state index is 13.2. The molecule has 0 radical (unpaired) electrons. The molecule has 0 aliphatic carbocycles. The fourth-order valence-corrected chi connectivity index (χ4v) is 4.90. The second-order valence-electron chi connectivity index (χ2n) is 9.08. The molecule has 5 rings (SSSR count). The predicted octanol–water partition coefficient (Wildman–Crippen LogP) is 3.42. The number of piperidine rings is 1. The van der Waals surface area contributed by atoms with Gasteiger partial charge in [0.25, 0.3) is 0 Å². The number of ether oxygens (including phenoxy) is 1. The Balaban J connectivity index is 1.15. The Hall–Kier alpha value is -3.81. The lowest BCUT2D eigenvalue weighted by atomic mass is 9.95. The van der Waals surface area contributed by atoms with E-state index in [2.05, 4.69) is 19.8 Å². The Bertz CT molecular complexity index is 1140. The number of phenolic OH excluding ortho intramolecular Hbond substituents is 1. The van der Waals surface area contributed by atoms with E-state index in [9.17, 15) is 9.90 Å². The van der Waals surface area contributed by atoms with E-state index in [1.807, 2.05) is 47.4 Å². The summed E-state index contributed by atoms with van der Waals surface area (Å²) < 4.78 is 5.24. The van der Waals surface area contributed by atoms with Crippen molar-refractivity contribution in [1.29, 1.82) is 0 Å². The highest BCUT2D eigenvalue weighted by atomic mass is 16.5. The fourth-order valence-electron chi connectivity index (χ4n) is 4.90. The number of hydrogen-bond donors (Lipinski definition) is 1. The Kier molecular flexibility index (Phi) is 6.70. The van der Waals surface area contributed by atoms with Gasteiger partial charge in [-0.25, -0.2) is 9.97 Å². The van der Waals surface area contributed by atoms with E-state index >= 15 is 0 Å². The number of carbonyl (C=O) groups excluding carboxylic acids is 1. The lowest BCUT2D eigenvalue weighted by Crippen LogP contribution is -2.51. The third-order valence-electron chi connectivity index (χ3n) is 7.01. The molecule has 2 fully saturated rings. The van der Waals surface area contributed by atoms with Crippen molar-refractivity contribution in [2.24, 2.45) is 5.92 Å². The van der Waals surface area contributed by atoms with E-state index in [0.717, 1.165) is 80.6 Å². The third-order valence-corrected chi connectivity index (χ3v) is 7.01. The van der Waals surface area contributed by atoms with Crippen LogP contribution in [-0.4, -0.2) is 72.3 Å². The summed E-state index contributed by atoms with van der Waals surface area (Å²) in [6.07, 6.45) is 3.28. The summed E-state index contributed by atoms with van der Waals surface area (Å²) >= 11 is 0. The number of piperazine rings is 1. The molecule has 8 nitrogen and oxygen atoms in total. The van der Waals surface area contributed by atoms with Gasteiger partial charge >= 0.3 is 0 Å². The van der Waals surface area contributed by atoms with Gasteiger partial charge in [0.15, 0.2) is 0 Å². The Morgan fingerprint density at radius 2 is 1.57 bits per heavy atom. The number of phenols is 1. The topological polar surface area (TPSA) is 82.0 Å². The quantitative estimate of drug-likeness (QED) is 0.608. The number of aromatic hydroxyl groups is 1. The van der Waals surface area contributed by atoms with Gasteiger partial charge in [-0.15, -0.1) is 0 Å². The van der Waals surface area contributed by atoms with Crippen LogP contribution in [0.3, 0.4) is 0 Å². The summed E-state index contributed by atoms with van der Waals surface area (Å²) in [6, 6.07) is 17.1. The molecule has 2 saturated heterocycles. The summed E-state index contributed by atoms with van der Waals surface area (Å²) in [5, 5.41) is 9.50. The van der Waals surface area contributed by atoms with Crippen LogP contribution in [-0.2, 0) is 4.79 Å². The average Bonchev–Trinajstić information content (AvgIpc) is 2.93. The van der Waals surface area contributed by atoms with Crippen LogP contribution in [0.4, 0.5) is 11.5 Å². The van der Waals surface area contributed by atoms with Crippen molar-refractivity contribution >= 4 is 17.4 Å². The number of carbonyl (C=O) groups is 1. The number of hydrogen-bond acceptors (Lipinski definition) is 7. The summed E-state index contributed by atoms with van der Waals surface area (Å²) in [7, 11) is 1.66. The summed E-state index contributed by atoms with van der Waals surface area (Å²) in [5.41, 5.74) is 2.98. The zero-order chi connectivity index (χ0) is 24.2. The van der Waals surface area contributed by atoms with Gasteiger partial charge in [0.1, 0.15) is 23.6 Å². The van der Waals surface area contributed by atoms with Crippen molar-refractivity contribution in [2.45, 2.75) is 12.8 Å². The second-order valence-corrected chi connectivity index (χ2v) is 9.08. The van der Waals surface area contributed by atoms with E-state index in [1.54, 1.807) is 25.6 Å². The molecule has 8 heteroatoms. The molecule has 1 aromatic heterocycles. The molecule has 182 valence electrons. The van der Waals surface area contributed by atoms with Gasteiger partial charge in [0.2, 0.25) is 5.91 Å². The highest BCUT2D eigenvalue weighted by Crippen LogP contribution is 2.28. The van der Waals surface area contributed by atoms with E-state index in [-0.39, 0.29) is 17.6 Å². The first kappa shape index (κ1) is 23.0. The molecule has 3 aromatic rings. The normalized spacial score (nSPS) is 16.9. The molecule has 2 aliphatic heterocycles. The van der Waals surface area contributed by atoms with Crippen molar-refractivity contribution in [3.8, 4) is 22.8 Å². The van der Waals surface area contributed by atoms with Crippen molar-refractivity contribution < 1.29 is 14.6 Å². The maximum atomic E-state index is 13.2. The number of anilines is 2. The minimum absolute atomic E-state index is 0.0642. The van der Waals surface area contributed by atoms with Gasteiger partial charge < -0.3 is 24.5 Å². The molecule has 1 amide bonds. The number of aromatic nitrogens is 2. The minimum Gasteiger partial charge on any atom is -0.508 e. The Morgan fingerprint density at radius 3 is 2.23 bits per heavy atom. The highest BCUT2D eigenvalue weighted by Gasteiger charge is 2.31. The van der Waals surface area contributed by atoms with E-state index in [1.165, 1.54) is 0 Å². The average molecular weight is 474 g/mol. The van der Waals surface area contributed by atoms with Crippen LogP contribution < -0.4 is 14.5 Å². The van der Waals surface area contributed by atoms with Gasteiger partial charge in [-0.3, -0.25) is 4.79 Å². The predicted molar refractivity (Wildman–Crippen MR) is 136 cm³/mol. The molecule has 2 aliphatic rings. The van der Waals surface area contributed by atoms with Crippen molar-refractivity contribution in [2.75, 3.05) is 56.2 Å². The molecular formula is C27H31N5O3. The van der Waals surface area contributed by atoms with Crippen LogP contribution in [0, 0.1) is 5.92 Å². The molecule has 1 N–H and O–H groups in total. The molecule has 2 aromatic carbocycles.